The van der Waals surface area contributed by atoms with Crippen LogP contribution in [0.2, 0.25) is 0 Å². The first-order valence-electron chi connectivity index (χ1n) is 13.3. The van der Waals surface area contributed by atoms with Crippen molar-refractivity contribution < 1.29 is 4.79 Å². The van der Waals surface area contributed by atoms with Gasteiger partial charge < -0.3 is 15.6 Å². The molecule has 0 saturated carbocycles. The van der Waals surface area contributed by atoms with Gasteiger partial charge in [0, 0.05) is 16.1 Å². The molecule has 1 amide bonds. The average Bonchev–Trinajstić information content (AvgIpc) is 3.32. The van der Waals surface area contributed by atoms with E-state index in [1.807, 2.05) is 48.5 Å². The molecular formula is C33H34N4OS. The summed E-state index contributed by atoms with van der Waals surface area (Å²) in [7, 11) is 0. The minimum atomic E-state index is -0.742. The van der Waals surface area contributed by atoms with Crippen LogP contribution >= 0.6 is 11.8 Å². The van der Waals surface area contributed by atoms with Crippen molar-refractivity contribution in [2.45, 2.75) is 44.7 Å². The van der Waals surface area contributed by atoms with E-state index in [1.54, 1.807) is 11.8 Å². The molecule has 0 aliphatic rings. The second-order valence-corrected chi connectivity index (χ2v) is 11.3. The molecule has 0 aliphatic carbocycles. The Morgan fingerprint density at radius 1 is 0.897 bits per heavy atom. The number of aryl methyl sites for hydroxylation is 2. The predicted octanol–water partition coefficient (Wildman–Crippen LogP) is 7.68. The smallest absolute Gasteiger partial charge is 0.245 e. The molecule has 5 aromatic rings. The number of nitrogens with one attached hydrogen (secondary N) is 1. The quantitative estimate of drug-likeness (QED) is 0.200. The topological polar surface area (TPSA) is 72.9 Å². The Labute approximate surface area is 234 Å². The third-order valence-corrected chi connectivity index (χ3v) is 7.93. The third-order valence-electron chi connectivity index (χ3n) is 7.04. The van der Waals surface area contributed by atoms with Gasteiger partial charge in [-0.2, -0.15) is 0 Å². The minimum absolute atomic E-state index is 0.0897. The number of benzene rings is 4. The highest BCUT2D eigenvalue weighted by atomic mass is 32.2. The van der Waals surface area contributed by atoms with Gasteiger partial charge in [-0.3, -0.25) is 4.79 Å². The maximum atomic E-state index is 12.9. The van der Waals surface area contributed by atoms with Gasteiger partial charge in [-0.05, 0) is 91.7 Å². The number of hydrogen-bond acceptors (Lipinski definition) is 4. The van der Waals surface area contributed by atoms with Crippen LogP contribution in [0.25, 0.3) is 22.4 Å². The Kier molecular flexibility index (Phi) is 7.87. The molecule has 0 fully saturated rings. The fraction of sp³-hybridized carbons (Fsp3) is 0.212. The third kappa shape index (κ3) is 5.77. The van der Waals surface area contributed by atoms with Crippen LogP contribution in [0.1, 0.15) is 48.2 Å². The lowest BCUT2D eigenvalue weighted by molar-refractivity contribution is -0.117. The maximum Gasteiger partial charge on any atom is 0.245 e. The van der Waals surface area contributed by atoms with Crippen molar-refractivity contribution in [1.29, 1.82) is 0 Å². The summed E-state index contributed by atoms with van der Waals surface area (Å²) in [4.78, 5) is 19.1. The maximum absolute atomic E-state index is 12.9. The van der Waals surface area contributed by atoms with E-state index in [4.69, 9.17) is 10.7 Å². The van der Waals surface area contributed by atoms with E-state index in [-0.39, 0.29) is 11.9 Å². The summed E-state index contributed by atoms with van der Waals surface area (Å²) in [6, 6.07) is 30.1. The Bertz CT molecular complexity index is 1590. The zero-order valence-electron chi connectivity index (χ0n) is 22.8. The van der Waals surface area contributed by atoms with Gasteiger partial charge in [0.2, 0.25) is 5.91 Å². The van der Waals surface area contributed by atoms with Gasteiger partial charge in [-0.1, -0.05) is 55.0 Å². The van der Waals surface area contributed by atoms with E-state index in [0.717, 1.165) is 33.7 Å². The summed E-state index contributed by atoms with van der Waals surface area (Å²) in [5, 5.41) is 2.96. The zero-order chi connectivity index (χ0) is 27.5. The molecule has 0 spiro atoms. The van der Waals surface area contributed by atoms with E-state index in [1.165, 1.54) is 21.6 Å². The van der Waals surface area contributed by atoms with Crippen LogP contribution in [0.15, 0.2) is 95.9 Å². The number of nitrogens with two attached hydrogens (primary N) is 1. The van der Waals surface area contributed by atoms with E-state index in [9.17, 15) is 4.79 Å². The van der Waals surface area contributed by atoms with Crippen LogP contribution in [0.3, 0.4) is 0 Å². The first-order chi connectivity index (χ1) is 18.8. The molecule has 0 aliphatic heterocycles. The number of amides is 1. The van der Waals surface area contributed by atoms with Crippen LogP contribution in [0, 0.1) is 13.8 Å². The molecule has 6 heteroatoms. The van der Waals surface area contributed by atoms with Gasteiger partial charge in [-0.25, -0.2) is 4.98 Å². The molecule has 2 atom stereocenters. The van der Waals surface area contributed by atoms with E-state index in [2.05, 4.69) is 80.0 Å². The molecule has 1 heterocycles. The number of rotatable bonds is 8. The van der Waals surface area contributed by atoms with Crippen molar-refractivity contribution in [3.8, 4) is 11.4 Å². The van der Waals surface area contributed by atoms with Gasteiger partial charge in [0.25, 0.3) is 0 Å². The molecule has 2 unspecified atom stereocenters. The summed E-state index contributed by atoms with van der Waals surface area (Å²) >= 11 is 1.76. The van der Waals surface area contributed by atoms with Crippen molar-refractivity contribution in [2.75, 3.05) is 11.1 Å². The highest BCUT2D eigenvalue weighted by molar-refractivity contribution is 7.99. The largest absolute Gasteiger partial charge is 0.324 e. The summed E-state index contributed by atoms with van der Waals surface area (Å²) in [5.41, 5.74) is 14.5. The van der Waals surface area contributed by atoms with Gasteiger partial charge in [0.05, 0.1) is 17.1 Å². The highest BCUT2D eigenvalue weighted by Gasteiger charge is 2.20. The van der Waals surface area contributed by atoms with E-state index < -0.39 is 6.04 Å². The standard InChI is InChI=1S/C33H34N4OS/c1-5-39-28-17-13-25(14-18-28)31(34)33(38)35-27-15-11-26(12-16-27)32-36-29-19-8-22(3)20-30(29)37(32)23(4)24-9-6-21(2)7-10-24/h6-20,23,31H,5,34H2,1-4H3,(H,35,38). The van der Waals surface area contributed by atoms with Gasteiger partial charge >= 0.3 is 0 Å². The Morgan fingerprint density at radius 3 is 2.21 bits per heavy atom. The van der Waals surface area contributed by atoms with Crippen LogP contribution in [-0.4, -0.2) is 21.2 Å². The fourth-order valence-electron chi connectivity index (χ4n) is 4.80. The highest BCUT2D eigenvalue weighted by Crippen LogP contribution is 2.33. The minimum Gasteiger partial charge on any atom is -0.324 e. The van der Waals surface area contributed by atoms with Gasteiger partial charge in [0.15, 0.2) is 0 Å². The van der Waals surface area contributed by atoms with Crippen molar-refractivity contribution in [3.05, 3.63) is 113 Å². The summed E-state index contributed by atoms with van der Waals surface area (Å²) < 4.78 is 2.30. The number of anilines is 1. The fourth-order valence-corrected chi connectivity index (χ4v) is 5.47. The molecule has 5 rings (SSSR count). The molecule has 39 heavy (non-hydrogen) atoms. The molecule has 4 aromatic carbocycles. The molecule has 0 saturated heterocycles. The number of aromatic nitrogens is 2. The first kappa shape index (κ1) is 26.7. The molecule has 198 valence electrons. The van der Waals surface area contributed by atoms with Crippen LogP contribution in [0.4, 0.5) is 5.69 Å². The molecule has 5 nitrogen and oxygen atoms in total. The number of nitrogens with zero attached hydrogens (tertiary/aromatic N) is 2. The number of carbonyl (C=O) groups is 1. The number of thioether (sulfide) groups is 1. The number of fused-ring (bicyclic) bond motifs is 1. The van der Waals surface area contributed by atoms with Gasteiger partial charge in [0.1, 0.15) is 11.9 Å². The normalized spacial score (nSPS) is 12.8. The molecular weight excluding hydrogens is 500 g/mol. The molecule has 1 aromatic heterocycles. The lowest BCUT2D eigenvalue weighted by Gasteiger charge is -2.19. The first-order valence-corrected chi connectivity index (χ1v) is 14.3. The van der Waals surface area contributed by atoms with Crippen molar-refractivity contribution >= 4 is 34.4 Å². The Hall–Kier alpha value is -3.87. The molecule has 0 radical (unpaired) electrons. The predicted molar refractivity (Wildman–Crippen MR) is 163 cm³/mol. The number of imidazole rings is 1. The Balaban J connectivity index is 1.41. The molecule has 0 bridgehead atoms. The molecule has 3 N–H and O–H groups in total. The zero-order valence-corrected chi connectivity index (χ0v) is 23.6. The lowest BCUT2D eigenvalue weighted by Crippen LogP contribution is -2.27. The second kappa shape index (κ2) is 11.5. The monoisotopic (exact) mass is 534 g/mol. The van der Waals surface area contributed by atoms with Gasteiger partial charge in [-0.15, -0.1) is 11.8 Å². The number of hydrogen-bond donors (Lipinski definition) is 2. The Morgan fingerprint density at radius 2 is 1.54 bits per heavy atom. The second-order valence-electron chi connectivity index (χ2n) is 9.93. The summed E-state index contributed by atoms with van der Waals surface area (Å²) in [6.07, 6.45) is 0. The van der Waals surface area contributed by atoms with Crippen molar-refractivity contribution in [3.63, 3.8) is 0 Å². The SMILES string of the molecule is CCSc1ccc(C(N)C(=O)Nc2ccc(-c3nc4ccc(C)cc4n3C(C)c3ccc(C)cc3)cc2)cc1. The van der Waals surface area contributed by atoms with E-state index in [0.29, 0.717) is 5.69 Å². The van der Waals surface area contributed by atoms with Crippen LogP contribution in [-0.2, 0) is 4.79 Å². The number of carbonyl (C=O) groups excluding carboxylic acids is 1. The van der Waals surface area contributed by atoms with E-state index >= 15 is 0 Å². The lowest BCUT2D eigenvalue weighted by atomic mass is 10.1. The van der Waals surface area contributed by atoms with Crippen molar-refractivity contribution in [2.24, 2.45) is 5.73 Å². The average molecular weight is 535 g/mol. The van der Waals surface area contributed by atoms with Crippen LogP contribution < -0.4 is 11.1 Å². The summed E-state index contributed by atoms with van der Waals surface area (Å²) in [5.74, 6) is 1.65. The van der Waals surface area contributed by atoms with Crippen LogP contribution in [0.5, 0.6) is 0 Å². The summed E-state index contributed by atoms with van der Waals surface area (Å²) in [6.45, 7) is 8.53. The van der Waals surface area contributed by atoms with Crippen molar-refractivity contribution in [1.82, 2.24) is 9.55 Å².